The van der Waals surface area contributed by atoms with Crippen molar-refractivity contribution in [2.75, 3.05) is 0 Å². The van der Waals surface area contributed by atoms with E-state index in [1.165, 1.54) is 12.4 Å². The first kappa shape index (κ1) is 16.4. The fourth-order valence-corrected chi connectivity index (χ4v) is 2.00. The van der Waals surface area contributed by atoms with Crippen LogP contribution in [0, 0.1) is 11.6 Å². The Morgan fingerprint density at radius 2 is 1.95 bits per heavy atom. The molecule has 0 N–H and O–H groups in total. The van der Waals surface area contributed by atoms with Gasteiger partial charge >= 0.3 is 6.09 Å². The van der Waals surface area contributed by atoms with Crippen molar-refractivity contribution in [3.05, 3.63) is 52.3 Å². The summed E-state index contributed by atoms with van der Waals surface area (Å²) in [6.45, 7) is 5.24. The van der Waals surface area contributed by atoms with E-state index >= 15 is 0 Å². The largest absolute Gasteiger partial charge is 0.442 e. The monoisotopic (exact) mass is 328 g/mol. The third-order valence-electron chi connectivity index (χ3n) is 2.70. The molecule has 0 unspecified atom stereocenters. The number of hydrogen-bond acceptors (Lipinski definition) is 3. The molecule has 0 amide bonds. The average Bonchev–Trinajstić information content (AvgIpc) is 2.82. The number of benzene rings is 1. The SMILES string of the molecule is CC(C)(C)OC(=O)n1cc(Cc2cc(F)c(F)cc2Cl)cn1. The molecule has 0 spiro atoms. The van der Waals surface area contributed by atoms with Crippen LogP contribution in [0.2, 0.25) is 5.02 Å². The lowest BCUT2D eigenvalue weighted by Crippen LogP contribution is -2.27. The molecule has 0 aliphatic carbocycles. The van der Waals surface area contributed by atoms with Crippen LogP contribution in [0.15, 0.2) is 24.5 Å². The molecule has 0 radical (unpaired) electrons. The lowest BCUT2D eigenvalue weighted by Gasteiger charge is -2.18. The Labute approximate surface area is 131 Å². The van der Waals surface area contributed by atoms with E-state index in [-0.39, 0.29) is 11.4 Å². The zero-order valence-electron chi connectivity index (χ0n) is 12.4. The van der Waals surface area contributed by atoms with Gasteiger partial charge in [-0.25, -0.2) is 13.6 Å². The van der Waals surface area contributed by atoms with Crippen molar-refractivity contribution in [3.63, 3.8) is 0 Å². The van der Waals surface area contributed by atoms with E-state index < -0.39 is 23.3 Å². The van der Waals surface area contributed by atoms with Gasteiger partial charge in [0.1, 0.15) is 5.60 Å². The summed E-state index contributed by atoms with van der Waals surface area (Å²) in [5.74, 6) is -1.97. The van der Waals surface area contributed by atoms with Crippen molar-refractivity contribution in [2.24, 2.45) is 0 Å². The lowest BCUT2D eigenvalue weighted by molar-refractivity contribution is 0.0514. The van der Waals surface area contributed by atoms with Crippen molar-refractivity contribution in [1.82, 2.24) is 9.78 Å². The zero-order chi connectivity index (χ0) is 16.5. The van der Waals surface area contributed by atoms with Gasteiger partial charge in [-0.05, 0) is 44.0 Å². The summed E-state index contributed by atoms with van der Waals surface area (Å²) in [6, 6.07) is 1.95. The average molecular weight is 329 g/mol. The Kier molecular flexibility index (Phi) is 4.51. The van der Waals surface area contributed by atoms with Gasteiger partial charge in [0.15, 0.2) is 11.6 Å². The van der Waals surface area contributed by atoms with Crippen LogP contribution in [-0.2, 0) is 11.2 Å². The molecule has 4 nitrogen and oxygen atoms in total. The van der Waals surface area contributed by atoms with Crippen LogP contribution in [0.1, 0.15) is 31.9 Å². The molecule has 0 saturated carbocycles. The summed E-state index contributed by atoms with van der Waals surface area (Å²) in [5.41, 5.74) is 0.398. The molecule has 1 heterocycles. The summed E-state index contributed by atoms with van der Waals surface area (Å²) in [6.07, 6.45) is 2.52. The highest BCUT2D eigenvalue weighted by atomic mass is 35.5. The fraction of sp³-hybridized carbons (Fsp3) is 0.333. The third-order valence-corrected chi connectivity index (χ3v) is 3.05. The van der Waals surface area contributed by atoms with Crippen molar-refractivity contribution >= 4 is 17.7 Å². The van der Waals surface area contributed by atoms with Crippen molar-refractivity contribution in [3.8, 4) is 0 Å². The van der Waals surface area contributed by atoms with Gasteiger partial charge in [0.2, 0.25) is 0 Å². The minimum Gasteiger partial charge on any atom is -0.442 e. The zero-order valence-corrected chi connectivity index (χ0v) is 13.1. The number of rotatable bonds is 2. The van der Waals surface area contributed by atoms with E-state index in [1.54, 1.807) is 20.8 Å². The van der Waals surface area contributed by atoms with E-state index in [1.807, 2.05) is 0 Å². The van der Waals surface area contributed by atoms with Crippen LogP contribution < -0.4 is 0 Å². The molecule has 1 aromatic heterocycles. The number of aromatic nitrogens is 2. The molecule has 1 aromatic carbocycles. The van der Waals surface area contributed by atoms with Crippen LogP contribution in [0.25, 0.3) is 0 Å². The highest BCUT2D eigenvalue weighted by molar-refractivity contribution is 6.31. The molecular formula is C15H15ClF2N2O2. The highest BCUT2D eigenvalue weighted by Crippen LogP contribution is 2.22. The van der Waals surface area contributed by atoms with E-state index in [0.29, 0.717) is 11.1 Å². The van der Waals surface area contributed by atoms with Gasteiger partial charge < -0.3 is 4.74 Å². The molecule has 118 valence electrons. The van der Waals surface area contributed by atoms with Crippen LogP contribution in [0.3, 0.4) is 0 Å². The Bertz CT molecular complexity index is 708. The van der Waals surface area contributed by atoms with Crippen molar-refractivity contribution in [2.45, 2.75) is 32.8 Å². The number of nitrogens with zero attached hydrogens (tertiary/aromatic N) is 2. The molecule has 0 bridgehead atoms. The maximum atomic E-state index is 13.3. The number of carbonyl (C=O) groups is 1. The normalized spacial score (nSPS) is 11.5. The van der Waals surface area contributed by atoms with Gasteiger partial charge in [0.05, 0.1) is 6.20 Å². The topological polar surface area (TPSA) is 44.1 Å². The Morgan fingerprint density at radius 1 is 1.32 bits per heavy atom. The maximum absolute atomic E-state index is 13.3. The summed E-state index contributed by atoms with van der Waals surface area (Å²) >= 11 is 5.88. The number of ether oxygens (including phenoxy) is 1. The first-order valence-corrected chi connectivity index (χ1v) is 6.94. The predicted molar refractivity (Wildman–Crippen MR) is 78.0 cm³/mol. The van der Waals surface area contributed by atoms with E-state index in [4.69, 9.17) is 16.3 Å². The smallest absolute Gasteiger partial charge is 0.435 e. The molecule has 2 rings (SSSR count). The van der Waals surface area contributed by atoms with Crippen LogP contribution in [-0.4, -0.2) is 21.5 Å². The molecular weight excluding hydrogens is 314 g/mol. The number of hydrogen-bond donors (Lipinski definition) is 0. The molecule has 0 atom stereocenters. The predicted octanol–water partition coefficient (Wildman–Crippen LogP) is 4.19. The standard InChI is InChI=1S/C15H15ClF2N2O2/c1-15(2,3)22-14(21)20-8-9(7-19-20)4-10-5-12(17)13(18)6-11(10)16/h5-8H,4H2,1-3H3. The summed E-state index contributed by atoms with van der Waals surface area (Å²) in [4.78, 5) is 11.8. The quantitative estimate of drug-likeness (QED) is 0.776. The second-order valence-corrected chi connectivity index (χ2v) is 6.22. The number of carbonyl (C=O) groups excluding carboxylic acids is 1. The summed E-state index contributed by atoms with van der Waals surface area (Å²) in [7, 11) is 0. The molecule has 2 aromatic rings. The first-order valence-electron chi connectivity index (χ1n) is 6.56. The van der Waals surface area contributed by atoms with E-state index in [2.05, 4.69) is 5.10 Å². The second-order valence-electron chi connectivity index (χ2n) is 5.81. The Balaban J connectivity index is 2.16. The van der Waals surface area contributed by atoms with Crippen molar-refractivity contribution < 1.29 is 18.3 Å². The summed E-state index contributed by atoms with van der Waals surface area (Å²) < 4.78 is 32.5. The number of halogens is 3. The van der Waals surface area contributed by atoms with Gasteiger partial charge in [0.25, 0.3) is 0 Å². The fourth-order valence-electron chi connectivity index (χ4n) is 1.78. The lowest BCUT2D eigenvalue weighted by atomic mass is 10.1. The molecule has 22 heavy (non-hydrogen) atoms. The minimum absolute atomic E-state index is 0.115. The molecule has 0 saturated heterocycles. The molecule has 0 fully saturated rings. The Morgan fingerprint density at radius 3 is 2.59 bits per heavy atom. The van der Waals surface area contributed by atoms with Gasteiger partial charge in [0, 0.05) is 17.6 Å². The van der Waals surface area contributed by atoms with Gasteiger partial charge in [-0.3, -0.25) is 0 Å². The van der Waals surface area contributed by atoms with Crippen LogP contribution in [0.5, 0.6) is 0 Å². The van der Waals surface area contributed by atoms with Gasteiger partial charge in [-0.1, -0.05) is 11.6 Å². The van der Waals surface area contributed by atoms with Gasteiger partial charge in [-0.15, -0.1) is 0 Å². The van der Waals surface area contributed by atoms with Crippen LogP contribution >= 0.6 is 11.6 Å². The molecule has 7 heteroatoms. The van der Waals surface area contributed by atoms with Crippen LogP contribution in [0.4, 0.5) is 13.6 Å². The van der Waals surface area contributed by atoms with E-state index in [0.717, 1.165) is 16.8 Å². The minimum atomic E-state index is -1.00. The second kappa shape index (κ2) is 6.04. The van der Waals surface area contributed by atoms with Gasteiger partial charge in [-0.2, -0.15) is 9.78 Å². The highest BCUT2D eigenvalue weighted by Gasteiger charge is 2.19. The molecule has 0 aliphatic rings. The summed E-state index contributed by atoms with van der Waals surface area (Å²) in [5, 5.41) is 4.01. The third kappa shape index (κ3) is 4.04. The molecule has 0 aliphatic heterocycles. The Hall–Kier alpha value is -1.95. The van der Waals surface area contributed by atoms with E-state index in [9.17, 15) is 13.6 Å². The first-order chi connectivity index (χ1) is 10.2. The van der Waals surface area contributed by atoms with Crippen molar-refractivity contribution in [1.29, 1.82) is 0 Å². The maximum Gasteiger partial charge on any atom is 0.435 e.